The zero-order valence-corrected chi connectivity index (χ0v) is 13.5. The van der Waals surface area contributed by atoms with Crippen LogP contribution in [0.5, 0.6) is 0 Å². The van der Waals surface area contributed by atoms with Crippen molar-refractivity contribution in [3.63, 3.8) is 0 Å². The lowest BCUT2D eigenvalue weighted by Crippen LogP contribution is -2.27. The van der Waals surface area contributed by atoms with Gasteiger partial charge in [0, 0.05) is 17.0 Å². The fourth-order valence-electron chi connectivity index (χ4n) is 2.27. The molecule has 0 saturated heterocycles. The normalized spacial score (nSPS) is 12.0. The minimum atomic E-state index is -0.352. The molecule has 0 aliphatic heterocycles. The van der Waals surface area contributed by atoms with E-state index in [-0.39, 0.29) is 17.8 Å². The van der Waals surface area contributed by atoms with Gasteiger partial charge in [-0.15, -0.1) is 0 Å². The highest BCUT2D eigenvalue weighted by Gasteiger charge is 2.13. The molecule has 1 amide bonds. The standard InChI is InChI=1S/C18H19ClFNO/c1-12-7-8-14(11-16(12)19)9-10-18(22)21-13(2)15-5-3-4-6-17(15)20/h3-8,11,13H,9-10H2,1-2H3,(H,21,22). The van der Waals surface area contributed by atoms with Crippen LogP contribution in [0, 0.1) is 12.7 Å². The minimum Gasteiger partial charge on any atom is -0.349 e. The van der Waals surface area contributed by atoms with E-state index in [1.54, 1.807) is 25.1 Å². The second-order valence-corrected chi connectivity index (χ2v) is 5.80. The van der Waals surface area contributed by atoms with E-state index in [4.69, 9.17) is 11.6 Å². The van der Waals surface area contributed by atoms with Gasteiger partial charge in [0.05, 0.1) is 6.04 Å². The van der Waals surface area contributed by atoms with Crippen LogP contribution in [0.3, 0.4) is 0 Å². The Morgan fingerprint density at radius 3 is 2.68 bits per heavy atom. The Hall–Kier alpha value is -1.87. The van der Waals surface area contributed by atoms with E-state index in [1.807, 2.05) is 25.1 Å². The molecule has 0 radical (unpaired) electrons. The van der Waals surface area contributed by atoms with E-state index in [9.17, 15) is 9.18 Å². The number of hydrogen-bond donors (Lipinski definition) is 1. The first-order valence-electron chi connectivity index (χ1n) is 7.26. The van der Waals surface area contributed by atoms with Crippen LogP contribution in [0.15, 0.2) is 42.5 Å². The molecule has 2 nitrogen and oxygen atoms in total. The van der Waals surface area contributed by atoms with Crippen molar-refractivity contribution in [3.8, 4) is 0 Å². The fraction of sp³-hybridized carbons (Fsp3) is 0.278. The summed E-state index contributed by atoms with van der Waals surface area (Å²) in [6.07, 6.45) is 0.952. The maximum Gasteiger partial charge on any atom is 0.220 e. The second kappa shape index (κ2) is 7.41. The average Bonchev–Trinajstić information content (AvgIpc) is 2.49. The zero-order valence-electron chi connectivity index (χ0n) is 12.7. The number of rotatable bonds is 5. The molecule has 0 spiro atoms. The zero-order chi connectivity index (χ0) is 16.1. The summed E-state index contributed by atoms with van der Waals surface area (Å²) in [6, 6.07) is 11.9. The summed E-state index contributed by atoms with van der Waals surface area (Å²) in [5, 5.41) is 3.53. The predicted octanol–water partition coefficient (Wildman–Crippen LogP) is 4.60. The molecule has 0 aliphatic carbocycles. The maximum atomic E-state index is 13.7. The summed E-state index contributed by atoms with van der Waals surface area (Å²) in [5.41, 5.74) is 2.53. The molecule has 0 aromatic heterocycles. The van der Waals surface area contributed by atoms with Gasteiger partial charge in [0.2, 0.25) is 5.91 Å². The summed E-state index contributed by atoms with van der Waals surface area (Å²) in [4.78, 5) is 12.0. The van der Waals surface area contributed by atoms with Crippen LogP contribution in [0.4, 0.5) is 4.39 Å². The van der Waals surface area contributed by atoms with Crippen molar-refractivity contribution in [1.82, 2.24) is 5.32 Å². The van der Waals surface area contributed by atoms with Crippen molar-refractivity contribution < 1.29 is 9.18 Å². The number of amides is 1. The third kappa shape index (κ3) is 4.31. The molecule has 2 aromatic rings. The van der Waals surface area contributed by atoms with Gasteiger partial charge in [-0.2, -0.15) is 0 Å². The third-order valence-corrected chi connectivity index (χ3v) is 4.03. The monoisotopic (exact) mass is 319 g/mol. The predicted molar refractivity (Wildman–Crippen MR) is 87.5 cm³/mol. The number of benzene rings is 2. The highest BCUT2D eigenvalue weighted by molar-refractivity contribution is 6.31. The largest absolute Gasteiger partial charge is 0.349 e. The molecule has 116 valence electrons. The Bertz CT molecular complexity index is 672. The molecule has 1 atom stereocenters. The van der Waals surface area contributed by atoms with Crippen LogP contribution in [0.1, 0.15) is 36.1 Å². The summed E-state index contributed by atoms with van der Waals surface area (Å²) in [7, 11) is 0. The Kier molecular flexibility index (Phi) is 5.56. The molecule has 0 fully saturated rings. The molecular weight excluding hydrogens is 301 g/mol. The van der Waals surface area contributed by atoms with Crippen molar-refractivity contribution >= 4 is 17.5 Å². The van der Waals surface area contributed by atoms with Gasteiger partial charge in [-0.25, -0.2) is 4.39 Å². The first-order valence-corrected chi connectivity index (χ1v) is 7.64. The van der Waals surface area contributed by atoms with E-state index in [0.717, 1.165) is 11.1 Å². The lowest BCUT2D eigenvalue weighted by Gasteiger charge is -2.15. The van der Waals surface area contributed by atoms with Gasteiger partial charge in [-0.3, -0.25) is 4.79 Å². The smallest absolute Gasteiger partial charge is 0.220 e. The molecule has 4 heteroatoms. The summed E-state index contributed by atoms with van der Waals surface area (Å²) in [5.74, 6) is -0.409. The van der Waals surface area contributed by atoms with E-state index in [2.05, 4.69) is 5.32 Å². The van der Waals surface area contributed by atoms with Crippen LogP contribution < -0.4 is 5.32 Å². The number of nitrogens with one attached hydrogen (secondary N) is 1. The third-order valence-electron chi connectivity index (χ3n) is 3.63. The summed E-state index contributed by atoms with van der Waals surface area (Å²) in [6.45, 7) is 3.72. The Balaban J connectivity index is 1.90. The van der Waals surface area contributed by atoms with E-state index < -0.39 is 0 Å². The molecule has 2 aromatic carbocycles. The molecular formula is C18H19ClFNO. The molecule has 0 bridgehead atoms. The number of halogens is 2. The molecule has 2 rings (SSSR count). The van der Waals surface area contributed by atoms with Crippen LogP contribution in [0.25, 0.3) is 0 Å². The molecule has 1 N–H and O–H groups in total. The molecule has 0 heterocycles. The Morgan fingerprint density at radius 1 is 1.27 bits per heavy atom. The fourth-order valence-corrected chi connectivity index (χ4v) is 2.47. The highest BCUT2D eigenvalue weighted by Crippen LogP contribution is 2.18. The Morgan fingerprint density at radius 2 is 2.00 bits per heavy atom. The van der Waals surface area contributed by atoms with Crippen molar-refractivity contribution in [1.29, 1.82) is 0 Å². The highest BCUT2D eigenvalue weighted by atomic mass is 35.5. The van der Waals surface area contributed by atoms with E-state index >= 15 is 0 Å². The van der Waals surface area contributed by atoms with Crippen LogP contribution >= 0.6 is 11.6 Å². The van der Waals surface area contributed by atoms with E-state index in [0.29, 0.717) is 23.4 Å². The van der Waals surface area contributed by atoms with Crippen molar-refractivity contribution in [2.45, 2.75) is 32.7 Å². The van der Waals surface area contributed by atoms with Gasteiger partial charge in [0.1, 0.15) is 5.82 Å². The first-order chi connectivity index (χ1) is 10.5. The minimum absolute atomic E-state index is 0.104. The summed E-state index contributed by atoms with van der Waals surface area (Å²) >= 11 is 6.07. The van der Waals surface area contributed by atoms with Gasteiger partial charge in [-0.05, 0) is 43.5 Å². The first kappa shape index (κ1) is 16.5. The van der Waals surface area contributed by atoms with Crippen LogP contribution in [-0.4, -0.2) is 5.91 Å². The van der Waals surface area contributed by atoms with Gasteiger partial charge >= 0.3 is 0 Å². The van der Waals surface area contributed by atoms with Crippen molar-refractivity contribution in [3.05, 3.63) is 70.0 Å². The average molecular weight is 320 g/mol. The SMILES string of the molecule is Cc1ccc(CCC(=O)NC(C)c2ccccc2F)cc1Cl. The quantitative estimate of drug-likeness (QED) is 0.857. The van der Waals surface area contributed by atoms with Crippen molar-refractivity contribution in [2.75, 3.05) is 0 Å². The van der Waals surface area contributed by atoms with Crippen LogP contribution in [-0.2, 0) is 11.2 Å². The Labute approximate surface area is 135 Å². The molecule has 1 unspecified atom stereocenters. The van der Waals surface area contributed by atoms with Gasteiger partial charge in [0.15, 0.2) is 0 Å². The lowest BCUT2D eigenvalue weighted by atomic mass is 10.1. The molecule has 0 saturated carbocycles. The topological polar surface area (TPSA) is 29.1 Å². The maximum absolute atomic E-state index is 13.7. The number of aryl methyl sites for hydroxylation is 2. The van der Waals surface area contributed by atoms with E-state index in [1.165, 1.54) is 6.07 Å². The van der Waals surface area contributed by atoms with Gasteiger partial charge < -0.3 is 5.32 Å². The van der Waals surface area contributed by atoms with Crippen molar-refractivity contribution in [2.24, 2.45) is 0 Å². The van der Waals surface area contributed by atoms with Gasteiger partial charge in [-0.1, -0.05) is 41.9 Å². The molecule has 0 aliphatic rings. The van der Waals surface area contributed by atoms with Gasteiger partial charge in [0.25, 0.3) is 0 Å². The second-order valence-electron chi connectivity index (χ2n) is 5.39. The number of hydrogen-bond acceptors (Lipinski definition) is 1. The van der Waals surface area contributed by atoms with Crippen LogP contribution in [0.2, 0.25) is 5.02 Å². The molecule has 22 heavy (non-hydrogen) atoms. The summed E-state index contributed by atoms with van der Waals surface area (Å²) < 4.78 is 13.7. The number of carbonyl (C=O) groups is 1. The number of carbonyl (C=O) groups excluding carboxylic acids is 1. The lowest BCUT2D eigenvalue weighted by molar-refractivity contribution is -0.121.